The Hall–Kier alpha value is -2.59. The minimum Gasteiger partial charge on any atom is -0.507 e. The minimum atomic E-state index is -1.22. The molecule has 0 bridgehead atoms. The van der Waals surface area contributed by atoms with Gasteiger partial charge >= 0.3 is 0 Å². The molecular weight excluding hydrogens is 423 g/mol. The molecule has 6 heteroatoms. The van der Waals surface area contributed by atoms with E-state index in [0.717, 1.165) is 21.5 Å². The Morgan fingerprint density at radius 1 is 0.688 bits per heavy atom. The summed E-state index contributed by atoms with van der Waals surface area (Å²) in [7, 11) is 1.97. The highest BCUT2D eigenvalue weighted by atomic mass is 31.1. The lowest BCUT2D eigenvalue weighted by molar-refractivity contribution is 0.0519. The molecule has 0 aliphatic heterocycles. The van der Waals surface area contributed by atoms with E-state index in [9.17, 15) is 5.11 Å². The van der Waals surface area contributed by atoms with E-state index in [1.807, 2.05) is 66.7 Å². The van der Waals surface area contributed by atoms with Crippen molar-refractivity contribution in [3.05, 3.63) is 72.3 Å². The van der Waals surface area contributed by atoms with Gasteiger partial charge in [-0.1, -0.05) is 75.4 Å². The molecule has 0 saturated carbocycles. The highest BCUT2D eigenvalue weighted by Gasteiger charge is 2.29. The molecular formula is C26H31O5P. The second-order valence-corrected chi connectivity index (χ2v) is 10.4. The fourth-order valence-electron chi connectivity index (χ4n) is 3.48. The zero-order chi connectivity index (χ0) is 23.1. The summed E-state index contributed by atoms with van der Waals surface area (Å²) in [6, 6.07) is 21.7. The van der Waals surface area contributed by atoms with Gasteiger partial charge in [0.1, 0.15) is 17.2 Å². The van der Waals surface area contributed by atoms with Crippen LogP contribution >= 0.6 is 7.92 Å². The van der Waals surface area contributed by atoms with Gasteiger partial charge in [-0.05, 0) is 31.0 Å². The lowest BCUT2D eigenvalue weighted by atomic mass is 9.86. The van der Waals surface area contributed by atoms with Crippen LogP contribution in [0.5, 0.6) is 17.2 Å². The van der Waals surface area contributed by atoms with Crippen molar-refractivity contribution in [2.75, 3.05) is 27.8 Å². The average molecular weight is 455 g/mol. The zero-order valence-electron chi connectivity index (χ0n) is 19.3. The second kappa shape index (κ2) is 10.8. The molecule has 0 fully saturated rings. The van der Waals surface area contributed by atoms with Crippen molar-refractivity contribution in [2.45, 2.75) is 26.2 Å². The molecule has 0 unspecified atom stereocenters. The molecule has 32 heavy (non-hydrogen) atoms. The molecule has 0 aromatic heterocycles. The van der Waals surface area contributed by atoms with Crippen LogP contribution in [0, 0.1) is 0 Å². The monoisotopic (exact) mass is 454 g/mol. The van der Waals surface area contributed by atoms with E-state index in [1.54, 1.807) is 14.2 Å². The van der Waals surface area contributed by atoms with Gasteiger partial charge < -0.3 is 24.1 Å². The number of benzene rings is 3. The molecule has 3 aromatic carbocycles. The summed E-state index contributed by atoms with van der Waals surface area (Å²) >= 11 is 0. The van der Waals surface area contributed by atoms with Gasteiger partial charge in [0.25, 0.3) is 0 Å². The molecule has 0 amide bonds. The molecule has 3 rings (SSSR count). The van der Waals surface area contributed by atoms with Gasteiger partial charge in [0.2, 0.25) is 0 Å². The van der Waals surface area contributed by atoms with Crippen LogP contribution in [0.4, 0.5) is 0 Å². The van der Waals surface area contributed by atoms with Gasteiger partial charge in [0, 0.05) is 30.1 Å². The summed E-state index contributed by atoms with van der Waals surface area (Å²) in [4.78, 5) is 0. The first kappa shape index (κ1) is 24.1. The van der Waals surface area contributed by atoms with Gasteiger partial charge in [-0.25, -0.2) is 0 Å². The van der Waals surface area contributed by atoms with Crippen molar-refractivity contribution < 1.29 is 24.1 Å². The maximum atomic E-state index is 11.4. The predicted octanol–water partition coefficient (Wildman–Crippen LogP) is 4.41. The summed E-state index contributed by atoms with van der Waals surface area (Å²) in [6.07, 6.45) is 0. The predicted molar refractivity (Wildman–Crippen MR) is 131 cm³/mol. The van der Waals surface area contributed by atoms with Crippen molar-refractivity contribution >= 4 is 23.8 Å². The van der Waals surface area contributed by atoms with Gasteiger partial charge in [-0.3, -0.25) is 0 Å². The number of hydrogen-bond acceptors (Lipinski definition) is 5. The van der Waals surface area contributed by atoms with Crippen molar-refractivity contribution in [2.24, 2.45) is 0 Å². The number of methoxy groups -OCH3 is 2. The van der Waals surface area contributed by atoms with E-state index < -0.39 is 7.92 Å². The van der Waals surface area contributed by atoms with Gasteiger partial charge in [0.15, 0.2) is 13.6 Å². The largest absolute Gasteiger partial charge is 0.507 e. The summed E-state index contributed by atoms with van der Waals surface area (Å²) in [6.45, 7) is 6.56. The van der Waals surface area contributed by atoms with Gasteiger partial charge in [-0.2, -0.15) is 0 Å². The third-order valence-corrected chi connectivity index (χ3v) is 7.49. The molecule has 0 saturated heterocycles. The molecule has 0 atom stereocenters. The van der Waals surface area contributed by atoms with E-state index in [-0.39, 0.29) is 19.0 Å². The minimum absolute atomic E-state index is 0.135. The van der Waals surface area contributed by atoms with E-state index in [4.69, 9.17) is 18.9 Å². The summed E-state index contributed by atoms with van der Waals surface area (Å²) in [5.74, 6) is 1.72. The smallest absolute Gasteiger partial charge is 0.188 e. The molecule has 0 aliphatic carbocycles. The molecule has 0 radical (unpaired) electrons. The molecule has 5 nitrogen and oxygen atoms in total. The van der Waals surface area contributed by atoms with E-state index in [2.05, 4.69) is 20.8 Å². The Labute approximate surface area is 191 Å². The third kappa shape index (κ3) is 5.42. The Morgan fingerprint density at radius 2 is 1.16 bits per heavy atom. The number of ether oxygens (including phenoxy) is 4. The van der Waals surface area contributed by atoms with E-state index in [0.29, 0.717) is 17.2 Å². The van der Waals surface area contributed by atoms with E-state index in [1.165, 1.54) is 0 Å². The van der Waals surface area contributed by atoms with Crippen LogP contribution < -0.4 is 25.4 Å². The SMILES string of the molecule is COCOc1ccccc1P(c1ccccc1OCOC)c1cccc(C(C)(C)C)c1O. The second-order valence-electron chi connectivity index (χ2n) is 8.30. The zero-order valence-corrected chi connectivity index (χ0v) is 20.2. The maximum absolute atomic E-state index is 11.4. The van der Waals surface area contributed by atoms with Crippen LogP contribution in [-0.4, -0.2) is 32.9 Å². The molecule has 0 aliphatic rings. The molecule has 0 heterocycles. The fraction of sp³-hybridized carbons (Fsp3) is 0.308. The van der Waals surface area contributed by atoms with Crippen LogP contribution in [0.2, 0.25) is 0 Å². The van der Waals surface area contributed by atoms with Crippen molar-refractivity contribution in [3.63, 3.8) is 0 Å². The molecule has 0 spiro atoms. The summed E-state index contributed by atoms with van der Waals surface area (Å²) < 4.78 is 22.1. The van der Waals surface area contributed by atoms with Crippen LogP contribution in [0.25, 0.3) is 0 Å². The lowest BCUT2D eigenvalue weighted by Crippen LogP contribution is -2.26. The molecule has 3 aromatic rings. The average Bonchev–Trinajstić information content (AvgIpc) is 2.78. The highest BCUT2D eigenvalue weighted by Crippen LogP contribution is 2.44. The fourth-order valence-corrected chi connectivity index (χ4v) is 6.01. The van der Waals surface area contributed by atoms with Gasteiger partial charge in [0.05, 0.1) is 0 Å². The van der Waals surface area contributed by atoms with Crippen LogP contribution in [-0.2, 0) is 14.9 Å². The normalized spacial score (nSPS) is 11.6. The van der Waals surface area contributed by atoms with Crippen molar-refractivity contribution in [3.8, 4) is 17.2 Å². The number of para-hydroxylation sites is 3. The first-order valence-corrected chi connectivity index (χ1v) is 11.8. The Kier molecular flexibility index (Phi) is 8.14. The van der Waals surface area contributed by atoms with Crippen LogP contribution in [0.3, 0.4) is 0 Å². The Balaban J connectivity index is 2.27. The quantitative estimate of drug-likeness (QED) is 0.383. The number of phenols is 1. The number of aromatic hydroxyl groups is 1. The standard InChI is InChI=1S/C26H31O5P/c1-26(2,3)19-11-10-16-24(25(19)27)32(22-14-8-6-12-20(22)30-17-28-4)23-15-9-7-13-21(23)31-18-29-5/h6-16,27H,17-18H2,1-5H3. The number of hydrogen-bond donors (Lipinski definition) is 1. The lowest BCUT2D eigenvalue weighted by Gasteiger charge is -2.27. The summed E-state index contributed by atoms with van der Waals surface area (Å²) in [5, 5.41) is 14.2. The molecule has 170 valence electrons. The van der Waals surface area contributed by atoms with Gasteiger partial charge in [-0.15, -0.1) is 0 Å². The number of phenolic OH excluding ortho intramolecular Hbond substituents is 1. The topological polar surface area (TPSA) is 57.2 Å². The van der Waals surface area contributed by atoms with Crippen LogP contribution in [0.1, 0.15) is 26.3 Å². The number of rotatable bonds is 9. The van der Waals surface area contributed by atoms with Crippen LogP contribution in [0.15, 0.2) is 66.7 Å². The highest BCUT2D eigenvalue weighted by molar-refractivity contribution is 7.80. The maximum Gasteiger partial charge on any atom is 0.188 e. The van der Waals surface area contributed by atoms with Crippen molar-refractivity contribution in [1.82, 2.24) is 0 Å². The van der Waals surface area contributed by atoms with Crippen molar-refractivity contribution in [1.29, 1.82) is 0 Å². The summed E-state index contributed by atoms with van der Waals surface area (Å²) in [5.41, 5.74) is 0.687. The first-order valence-electron chi connectivity index (χ1n) is 10.4. The Morgan fingerprint density at radius 3 is 1.62 bits per heavy atom. The Bertz CT molecular complexity index is 977. The molecule has 1 N–H and O–H groups in total. The third-order valence-electron chi connectivity index (χ3n) is 4.94. The van der Waals surface area contributed by atoms with E-state index >= 15 is 0 Å². The first-order chi connectivity index (χ1) is 15.4.